The Morgan fingerprint density at radius 3 is 2.71 bits per heavy atom. The van der Waals surface area contributed by atoms with Crippen LogP contribution < -0.4 is 5.32 Å². The van der Waals surface area contributed by atoms with Crippen LogP contribution in [0.15, 0.2) is 22.7 Å². The lowest BCUT2D eigenvalue weighted by Gasteiger charge is -2.18. The van der Waals surface area contributed by atoms with E-state index in [1.165, 1.54) is 11.0 Å². The Kier molecular flexibility index (Phi) is 5.08. The van der Waals surface area contributed by atoms with Gasteiger partial charge in [0.1, 0.15) is 5.82 Å². The lowest BCUT2D eigenvalue weighted by atomic mass is 10.2. The predicted molar refractivity (Wildman–Crippen MR) is 69.1 cm³/mol. The molecule has 1 aromatic rings. The number of carbonyl (C=O) groups is 1. The van der Waals surface area contributed by atoms with Gasteiger partial charge in [-0.25, -0.2) is 4.39 Å². The zero-order valence-corrected chi connectivity index (χ0v) is 11.7. The first kappa shape index (κ1) is 14.1. The second-order valence-electron chi connectivity index (χ2n) is 4.08. The van der Waals surface area contributed by atoms with Crippen molar-refractivity contribution in [2.24, 2.45) is 0 Å². The molecule has 1 aromatic carbocycles. The molecule has 0 aliphatic carbocycles. The predicted octanol–water partition coefficient (Wildman–Crippen LogP) is 2.15. The van der Waals surface area contributed by atoms with E-state index in [0.717, 1.165) is 5.56 Å². The summed E-state index contributed by atoms with van der Waals surface area (Å²) in [5.74, 6) is -0.266. The Morgan fingerprint density at radius 1 is 1.53 bits per heavy atom. The molecule has 5 heteroatoms. The molecule has 1 N–H and O–H groups in total. The monoisotopic (exact) mass is 302 g/mol. The zero-order valence-electron chi connectivity index (χ0n) is 10.1. The Bertz CT molecular complexity index is 409. The van der Waals surface area contributed by atoms with Crippen LogP contribution in [0.3, 0.4) is 0 Å². The molecule has 0 aliphatic heterocycles. The highest BCUT2D eigenvalue weighted by molar-refractivity contribution is 9.10. The summed E-state index contributed by atoms with van der Waals surface area (Å²) in [6.45, 7) is 2.33. The highest BCUT2D eigenvalue weighted by Crippen LogP contribution is 2.16. The molecule has 0 spiro atoms. The van der Waals surface area contributed by atoms with Crippen molar-refractivity contribution in [1.82, 2.24) is 10.2 Å². The molecule has 0 aliphatic rings. The van der Waals surface area contributed by atoms with Gasteiger partial charge in [0.15, 0.2) is 0 Å². The molecule has 0 fully saturated rings. The van der Waals surface area contributed by atoms with Gasteiger partial charge in [-0.15, -0.1) is 0 Å². The molecule has 0 bridgehead atoms. The molecule has 1 rings (SSSR count). The van der Waals surface area contributed by atoms with Crippen LogP contribution in [-0.4, -0.2) is 30.9 Å². The summed E-state index contributed by atoms with van der Waals surface area (Å²) in [4.78, 5) is 13.1. The van der Waals surface area contributed by atoms with Crippen LogP contribution in [0.5, 0.6) is 0 Å². The van der Waals surface area contributed by atoms with Crippen molar-refractivity contribution in [3.05, 3.63) is 34.1 Å². The van der Waals surface area contributed by atoms with E-state index in [0.29, 0.717) is 11.0 Å². The average Bonchev–Trinajstić information content (AvgIpc) is 2.29. The van der Waals surface area contributed by atoms with Crippen LogP contribution in [0.25, 0.3) is 0 Å². The smallest absolute Gasteiger partial charge is 0.238 e. The van der Waals surface area contributed by atoms with Gasteiger partial charge in [-0.1, -0.05) is 6.07 Å². The molecule has 0 saturated heterocycles. The largest absolute Gasteiger partial charge is 0.347 e. The number of nitrogens with one attached hydrogen (secondary N) is 1. The Hall–Kier alpha value is -0.940. The van der Waals surface area contributed by atoms with E-state index in [2.05, 4.69) is 21.2 Å². The molecular formula is C12H16BrFN2O. The Labute approximate surface area is 109 Å². The first-order valence-electron chi connectivity index (χ1n) is 5.30. The minimum absolute atomic E-state index is 0.0196. The van der Waals surface area contributed by atoms with Crippen molar-refractivity contribution in [3.63, 3.8) is 0 Å². The number of likely N-dealkylation sites (N-methyl/N-ethyl adjacent to an activating group) is 1. The second kappa shape index (κ2) is 6.12. The number of amides is 1. The Balaban J connectivity index is 2.56. The Morgan fingerprint density at radius 2 is 2.18 bits per heavy atom. The number of benzene rings is 1. The molecule has 0 radical (unpaired) electrons. The molecular weight excluding hydrogens is 287 g/mol. The first-order chi connectivity index (χ1) is 7.91. The summed E-state index contributed by atoms with van der Waals surface area (Å²) >= 11 is 3.13. The number of hydrogen-bond donors (Lipinski definition) is 1. The number of halogens is 2. The van der Waals surface area contributed by atoms with E-state index in [4.69, 9.17) is 0 Å². The highest BCUT2D eigenvalue weighted by atomic mass is 79.9. The van der Waals surface area contributed by atoms with Gasteiger partial charge in [0.2, 0.25) is 5.91 Å². The average molecular weight is 303 g/mol. The third kappa shape index (κ3) is 4.09. The molecule has 0 saturated carbocycles. The topological polar surface area (TPSA) is 32.3 Å². The standard InChI is InChI=1S/C12H16BrFN2O/c1-8(12(17)16(2)3)15-7-9-4-5-11(14)10(13)6-9/h4-6,8,15H,7H2,1-3H3. The number of hydrogen-bond acceptors (Lipinski definition) is 2. The van der Waals surface area contributed by atoms with Gasteiger partial charge >= 0.3 is 0 Å². The van der Waals surface area contributed by atoms with Gasteiger partial charge in [0, 0.05) is 20.6 Å². The van der Waals surface area contributed by atoms with Crippen molar-refractivity contribution >= 4 is 21.8 Å². The van der Waals surface area contributed by atoms with E-state index in [9.17, 15) is 9.18 Å². The third-order valence-corrected chi connectivity index (χ3v) is 3.02. The van der Waals surface area contributed by atoms with Gasteiger partial charge in [-0.2, -0.15) is 0 Å². The number of carbonyl (C=O) groups excluding carboxylic acids is 1. The van der Waals surface area contributed by atoms with Gasteiger partial charge in [-0.3, -0.25) is 4.79 Å². The molecule has 17 heavy (non-hydrogen) atoms. The summed E-state index contributed by atoms with van der Waals surface area (Å²) in [5.41, 5.74) is 0.927. The zero-order chi connectivity index (χ0) is 13.0. The summed E-state index contributed by atoms with van der Waals surface area (Å²) in [6.07, 6.45) is 0. The molecule has 1 atom stereocenters. The minimum Gasteiger partial charge on any atom is -0.347 e. The van der Waals surface area contributed by atoms with E-state index in [1.54, 1.807) is 33.2 Å². The van der Waals surface area contributed by atoms with Crippen LogP contribution in [-0.2, 0) is 11.3 Å². The van der Waals surface area contributed by atoms with E-state index < -0.39 is 0 Å². The van der Waals surface area contributed by atoms with Crippen molar-refractivity contribution in [1.29, 1.82) is 0 Å². The van der Waals surface area contributed by atoms with Crippen LogP contribution in [0, 0.1) is 5.82 Å². The summed E-state index contributed by atoms with van der Waals surface area (Å²) in [7, 11) is 3.43. The molecule has 1 amide bonds. The van der Waals surface area contributed by atoms with Gasteiger partial charge in [0.25, 0.3) is 0 Å². The van der Waals surface area contributed by atoms with E-state index >= 15 is 0 Å². The summed E-state index contributed by atoms with van der Waals surface area (Å²) < 4.78 is 13.4. The lowest BCUT2D eigenvalue weighted by molar-refractivity contribution is -0.130. The van der Waals surface area contributed by atoms with Gasteiger partial charge in [-0.05, 0) is 40.5 Å². The van der Waals surface area contributed by atoms with Crippen molar-refractivity contribution in [2.45, 2.75) is 19.5 Å². The SMILES string of the molecule is CC(NCc1ccc(F)c(Br)c1)C(=O)N(C)C. The van der Waals surface area contributed by atoms with Crippen molar-refractivity contribution in [2.75, 3.05) is 14.1 Å². The summed E-state index contributed by atoms with van der Waals surface area (Å²) in [6, 6.07) is 4.54. The molecule has 3 nitrogen and oxygen atoms in total. The lowest BCUT2D eigenvalue weighted by Crippen LogP contribution is -2.41. The fraction of sp³-hybridized carbons (Fsp3) is 0.417. The molecule has 0 aromatic heterocycles. The summed E-state index contributed by atoms with van der Waals surface area (Å²) in [5, 5.41) is 3.09. The maximum atomic E-state index is 13.0. The van der Waals surface area contributed by atoms with Crippen molar-refractivity contribution < 1.29 is 9.18 Å². The normalized spacial score (nSPS) is 12.3. The van der Waals surface area contributed by atoms with Crippen LogP contribution in [0.2, 0.25) is 0 Å². The maximum absolute atomic E-state index is 13.0. The van der Waals surface area contributed by atoms with Crippen molar-refractivity contribution in [3.8, 4) is 0 Å². The maximum Gasteiger partial charge on any atom is 0.238 e. The van der Waals surface area contributed by atoms with Gasteiger partial charge in [0.05, 0.1) is 10.5 Å². The third-order valence-electron chi connectivity index (χ3n) is 2.41. The van der Waals surface area contributed by atoms with Crippen LogP contribution in [0.1, 0.15) is 12.5 Å². The fourth-order valence-electron chi connectivity index (χ4n) is 1.40. The van der Waals surface area contributed by atoms with E-state index in [1.807, 2.05) is 0 Å². The fourth-order valence-corrected chi connectivity index (χ4v) is 1.82. The van der Waals surface area contributed by atoms with Crippen LogP contribution in [0.4, 0.5) is 4.39 Å². The number of nitrogens with zero attached hydrogens (tertiary/aromatic N) is 1. The molecule has 94 valence electrons. The van der Waals surface area contributed by atoms with Gasteiger partial charge < -0.3 is 10.2 Å². The molecule has 0 heterocycles. The minimum atomic E-state index is -0.286. The van der Waals surface area contributed by atoms with Crippen LogP contribution >= 0.6 is 15.9 Å². The first-order valence-corrected chi connectivity index (χ1v) is 6.09. The quantitative estimate of drug-likeness (QED) is 0.924. The second-order valence-corrected chi connectivity index (χ2v) is 4.94. The van der Waals surface area contributed by atoms with E-state index in [-0.39, 0.29) is 17.8 Å². The number of rotatable bonds is 4. The highest BCUT2D eigenvalue weighted by Gasteiger charge is 2.13. The molecule has 1 unspecified atom stereocenters.